The molecule has 2 aromatic carbocycles. The second-order valence-electron chi connectivity index (χ2n) is 6.82. The molecule has 3 aromatic rings. The number of aryl methyl sites for hydroxylation is 1. The molecule has 8 heteroatoms. The number of anilines is 2. The smallest absolute Gasteiger partial charge is 0.363 e. The molecule has 0 spiro atoms. The molecular formula is C23H19N3O4S. The van der Waals surface area contributed by atoms with Crippen LogP contribution in [-0.4, -0.2) is 29.9 Å². The molecule has 0 saturated carbocycles. The van der Waals surface area contributed by atoms with Gasteiger partial charge in [-0.25, -0.2) is 14.8 Å². The predicted molar refractivity (Wildman–Crippen MR) is 120 cm³/mol. The third-order valence-electron chi connectivity index (χ3n) is 4.50. The molecule has 1 amide bonds. The molecule has 0 radical (unpaired) electrons. The number of ether oxygens (including phenoxy) is 2. The van der Waals surface area contributed by atoms with Crippen LogP contribution in [0.2, 0.25) is 0 Å². The Balaban J connectivity index is 1.64. The monoisotopic (exact) mass is 433 g/mol. The lowest BCUT2D eigenvalue weighted by molar-refractivity contribution is -0.130. The molecule has 156 valence electrons. The van der Waals surface area contributed by atoms with Gasteiger partial charge in [-0.1, -0.05) is 23.8 Å². The van der Waals surface area contributed by atoms with Gasteiger partial charge in [0.2, 0.25) is 11.8 Å². The Labute approximate surface area is 183 Å². The number of thiazole rings is 1. The molecule has 1 aromatic heterocycles. The summed E-state index contributed by atoms with van der Waals surface area (Å²) in [5.41, 5.74) is 3.08. The van der Waals surface area contributed by atoms with Gasteiger partial charge >= 0.3 is 5.97 Å². The van der Waals surface area contributed by atoms with Crippen LogP contribution in [-0.2, 0) is 14.3 Å². The van der Waals surface area contributed by atoms with Crippen LogP contribution in [0.15, 0.2) is 64.6 Å². The largest absolute Gasteiger partial charge is 0.497 e. The van der Waals surface area contributed by atoms with Gasteiger partial charge < -0.3 is 9.47 Å². The first-order valence-electron chi connectivity index (χ1n) is 9.44. The number of hydrogen-bond donors (Lipinski definition) is 0. The van der Waals surface area contributed by atoms with Crippen molar-refractivity contribution in [1.29, 1.82) is 0 Å². The number of carbonyl (C=O) groups is 2. The van der Waals surface area contributed by atoms with E-state index in [9.17, 15) is 9.59 Å². The predicted octanol–water partition coefficient (Wildman–Crippen LogP) is 4.49. The zero-order valence-corrected chi connectivity index (χ0v) is 18.0. The highest BCUT2D eigenvalue weighted by Crippen LogP contribution is 2.32. The number of carbonyl (C=O) groups excluding carboxylic acids is 2. The van der Waals surface area contributed by atoms with E-state index < -0.39 is 5.97 Å². The normalized spacial score (nSPS) is 14.4. The number of amides is 1. The van der Waals surface area contributed by atoms with Gasteiger partial charge in [-0.05, 0) is 37.3 Å². The van der Waals surface area contributed by atoms with Crippen LogP contribution in [0.5, 0.6) is 5.75 Å². The highest BCUT2D eigenvalue weighted by Gasteiger charge is 2.25. The van der Waals surface area contributed by atoms with Gasteiger partial charge in [-0.3, -0.25) is 9.69 Å². The first-order chi connectivity index (χ1) is 14.9. The number of aliphatic imine (C=N–C) groups is 1. The maximum atomic E-state index is 12.3. The molecule has 0 saturated heterocycles. The molecule has 7 nitrogen and oxygen atoms in total. The van der Waals surface area contributed by atoms with Crippen molar-refractivity contribution in [2.24, 2.45) is 4.99 Å². The summed E-state index contributed by atoms with van der Waals surface area (Å²) in [6, 6.07) is 14.7. The maximum Gasteiger partial charge on any atom is 0.363 e. The Morgan fingerprint density at radius 3 is 2.74 bits per heavy atom. The van der Waals surface area contributed by atoms with Crippen molar-refractivity contribution in [1.82, 2.24) is 4.98 Å². The number of cyclic esters (lactones) is 1. The van der Waals surface area contributed by atoms with Crippen LogP contribution in [0.25, 0.3) is 6.08 Å². The van der Waals surface area contributed by atoms with E-state index in [1.54, 1.807) is 42.8 Å². The van der Waals surface area contributed by atoms with Crippen LogP contribution >= 0.6 is 11.3 Å². The lowest BCUT2D eigenvalue weighted by Crippen LogP contribution is -2.22. The highest BCUT2D eigenvalue weighted by atomic mass is 32.1. The molecule has 0 aliphatic carbocycles. The van der Waals surface area contributed by atoms with Crippen molar-refractivity contribution in [2.45, 2.75) is 13.8 Å². The number of hydrogen-bond acceptors (Lipinski definition) is 7. The second-order valence-corrected chi connectivity index (χ2v) is 7.65. The Bertz CT molecular complexity index is 1230. The molecule has 0 bridgehead atoms. The number of benzene rings is 2. The minimum atomic E-state index is -0.540. The van der Waals surface area contributed by atoms with Crippen LogP contribution < -0.4 is 9.64 Å². The standard InChI is InChI=1S/C23H19N3O4S/c1-14-6-4-7-16(10-14)21-25-20(22(28)30-21)11-17-13-31-23(24-17)26(15(2)27)18-8-5-9-19(12-18)29-3/h4-13H,1-3H3/b20-11+. The van der Waals surface area contributed by atoms with Gasteiger partial charge in [0.05, 0.1) is 18.5 Å². The molecule has 1 aliphatic rings. The highest BCUT2D eigenvalue weighted by molar-refractivity contribution is 7.14. The quantitative estimate of drug-likeness (QED) is 0.437. The lowest BCUT2D eigenvalue weighted by atomic mass is 10.1. The second kappa shape index (κ2) is 8.53. The number of methoxy groups -OCH3 is 1. The summed E-state index contributed by atoms with van der Waals surface area (Å²) in [7, 11) is 1.57. The van der Waals surface area contributed by atoms with E-state index in [4.69, 9.17) is 9.47 Å². The molecule has 4 rings (SSSR count). The third kappa shape index (κ3) is 4.39. The van der Waals surface area contributed by atoms with Crippen molar-refractivity contribution in [3.8, 4) is 5.75 Å². The number of rotatable bonds is 5. The van der Waals surface area contributed by atoms with E-state index in [1.807, 2.05) is 31.2 Å². The Morgan fingerprint density at radius 1 is 1.19 bits per heavy atom. The van der Waals surface area contributed by atoms with Crippen molar-refractivity contribution < 1.29 is 19.1 Å². The van der Waals surface area contributed by atoms with Gasteiger partial charge in [0, 0.05) is 23.9 Å². The fourth-order valence-corrected chi connectivity index (χ4v) is 3.92. The van der Waals surface area contributed by atoms with E-state index in [0.29, 0.717) is 22.3 Å². The van der Waals surface area contributed by atoms with Crippen LogP contribution in [0, 0.1) is 6.92 Å². The molecule has 0 unspecified atom stereocenters. The minimum absolute atomic E-state index is 0.157. The molecule has 0 atom stereocenters. The Morgan fingerprint density at radius 2 is 2.00 bits per heavy atom. The van der Waals surface area contributed by atoms with Gasteiger partial charge in [-0.15, -0.1) is 11.3 Å². The lowest BCUT2D eigenvalue weighted by Gasteiger charge is -2.18. The summed E-state index contributed by atoms with van der Waals surface area (Å²) >= 11 is 1.29. The summed E-state index contributed by atoms with van der Waals surface area (Å²) in [4.78, 5) is 34.9. The Kier molecular flexibility index (Phi) is 5.64. The first-order valence-corrected chi connectivity index (χ1v) is 10.3. The fraction of sp³-hybridized carbons (Fsp3) is 0.130. The van der Waals surface area contributed by atoms with E-state index in [2.05, 4.69) is 9.98 Å². The average molecular weight is 433 g/mol. The summed E-state index contributed by atoms with van der Waals surface area (Å²) in [5, 5.41) is 2.23. The van der Waals surface area contributed by atoms with Crippen molar-refractivity contribution in [2.75, 3.05) is 12.0 Å². The number of esters is 1. The van der Waals surface area contributed by atoms with Gasteiger partial charge in [0.15, 0.2) is 10.8 Å². The SMILES string of the molecule is COc1cccc(N(C(C)=O)c2nc(/C=C3/N=C(c4cccc(C)c4)OC3=O)cs2)c1. The molecule has 31 heavy (non-hydrogen) atoms. The van der Waals surface area contributed by atoms with Gasteiger partial charge in [-0.2, -0.15) is 0 Å². The molecule has 2 heterocycles. The van der Waals surface area contributed by atoms with Gasteiger partial charge in [0.1, 0.15) is 5.75 Å². The summed E-state index contributed by atoms with van der Waals surface area (Å²) in [6.45, 7) is 3.42. The topological polar surface area (TPSA) is 81.1 Å². The third-order valence-corrected chi connectivity index (χ3v) is 5.34. The number of aromatic nitrogens is 1. The van der Waals surface area contributed by atoms with E-state index in [1.165, 1.54) is 23.2 Å². The van der Waals surface area contributed by atoms with Crippen LogP contribution in [0.1, 0.15) is 23.7 Å². The maximum absolute atomic E-state index is 12.3. The minimum Gasteiger partial charge on any atom is -0.497 e. The van der Waals surface area contributed by atoms with E-state index in [0.717, 1.165) is 11.1 Å². The molecule has 1 aliphatic heterocycles. The summed E-state index contributed by atoms with van der Waals surface area (Å²) in [5.74, 6) is 0.163. The average Bonchev–Trinajstić information content (AvgIpc) is 3.35. The summed E-state index contributed by atoms with van der Waals surface area (Å²) in [6.07, 6.45) is 1.55. The fourth-order valence-electron chi connectivity index (χ4n) is 3.07. The molecule has 0 N–H and O–H groups in total. The molecular weight excluding hydrogens is 414 g/mol. The zero-order chi connectivity index (χ0) is 22.0. The van der Waals surface area contributed by atoms with E-state index in [-0.39, 0.29) is 17.5 Å². The zero-order valence-electron chi connectivity index (χ0n) is 17.2. The number of nitrogens with zero attached hydrogens (tertiary/aromatic N) is 3. The van der Waals surface area contributed by atoms with Crippen LogP contribution in [0.4, 0.5) is 10.8 Å². The van der Waals surface area contributed by atoms with Crippen molar-refractivity contribution >= 4 is 46.0 Å². The van der Waals surface area contributed by atoms with Crippen LogP contribution in [0.3, 0.4) is 0 Å². The van der Waals surface area contributed by atoms with Gasteiger partial charge in [0.25, 0.3) is 0 Å². The first kappa shape index (κ1) is 20.5. The summed E-state index contributed by atoms with van der Waals surface area (Å²) < 4.78 is 10.6. The Hall–Kier alpha value is -3.78. The van der Waals surface area contributed by atoms with Crippen molar-refractivity contribution in [3.63, 3.8) is 0 Å². The molecule has 0 fully saturated rings. The van der Waals surface area contributed by atoms with E-state index >= 15 is 0 Å². The van der Waals surface area contributed by atoms with Crippen molar-refractivity contribution in [3.05, 3.63) is 76.4 Å².